The van der Waals surface area contributed by atoms with Gasteiger partial charge < -0.3 is 20.2 Å². The number of carbonyl (C=O) groups excluding carboxylic acids is 1. The minimum Gasteiger partial charge on any atom is -0.476 e. The molecular weight excluding hydrogens is 310 g/mol. The van der Waals surface area contributed by atoms with Crippen LogP contribution in [-0.4, -0.2) is 28.5 Å². The van der Waals surface area contributed by atoms with E-state index in [9.17, 15) is 14.9 Å². The van der Waals surface area contributed by atoms with Crippen molar-refractivity contribution in [3.63, 3.8) is 0 Å². The van der Waals surface area contributed by atoms with Crippen LogP contribution >= 0.6 is 0 Å². The summed E-state index contributed by atoms with van der Waals surface area (Å²) in [5, 5.41) is 13.6. The number of rotatable bonds is 8. The summed E-state index contributed by atoms with van der Waals surface area (Å²) in [7, 11) is 0. The van der Waals surface area contributed by atoms with Gasteiger partial charge in [0, 0.05) is 6.04 Å². The van der Waals surface area contributed by atoms with Crippen LogP contribution in [0.25, 0.3) is 0 Å². The van der Waals surface area contributed by atoms with Gasteiger partial charge in [0.2, 0.25) is 5.75 Å². The molecule has 0 aliphatic rings. The van der Waals surface area contributed by atoms with Crippen LogP contribution in [0.2, 0.25) is 0 Å². The molecular formula is C17H19N3O4. The van der Waals surface area contributed by atoms with Gasteiger partial charge in [-0.1, -0.05) is 30.3 Å². The van der Waals surface area contributed by atoms with Gasteiger partial charge in [0.1, 0.15) is 6.20 Å². The van der Waals surface area contributed by atoms with Gasteiger partial charge in [-0.2, -0.15) is 0 Å². The molecule has 24 heavy (non-hydrogen) atoms. The number of hydrogen-bond donors (Lipinski definition) is 1. The van der Waals surface area contributed by atoms with E-state index >= 15 is 0 Å². The van der Waals surface area contributed by atoms with Crippen molar-refractivity contribution in [3.8, 4) is 5.75 Å². The van der Waals surface area contributed by atoms with E-state index in [2.05, 4.69) is 10.3 Å². The number of benzene rings is 1. The molecule has 7 nitrogen and oxygen atoms in total. The van der Waals surface area contributed by atoms with Gasteiger partial charge >= 0.3 is 5.82 Å². The minimum absolute atomic E-state index is 0.0189. The summed E-state index contributed by atoms with van der Waals surface area (Å²) < 4.78 is 5.21. The second-order valence-electron chi connectivity index (χ2n) is 5.36. The molecule has 1 aromatic carbocycles. The summed E-state index contributed by atoms with van der Waals surface area (Å²) in [4.78, 5) is 25.7. The van der Waals surface area contributed by atoms with Crippen molar-refractivity contribution in [2.45, 2.75) is 25.8 Å². The Morgan fingerprint density at radius 1 is 1.29 bits per heavy atom. The quantitative estimate of drug-likeness (QED) is 0.593. The van der Waals surface area contributed by atoms with E-state index in [1.54, 1.807) is 0 Å². The molecule has 1 aromatic heterocycles. The molecule has 1 atom stereocenters. The van der Waals surface area contributed by atoms with Gasteiger partial charge in [0.05, 0.1) is 0 Å². The van der Waals surface area contributed by atoms with Gasteiger partial charge in [0.25, 0.3) is 5.91 Å². The lowest BCUT2D eigenvalue weighted by Crippen LogP contribution is -2.36. The SMILES string of the molecule is C[C@@H](CCc1ccccc1)NC(=O)COc1cccnc1[N+](=O)[O-]. The number of hydrogen-bond acceptors (Lipinski definition) is 5. The van der Waals surface area contributed by atoms with Crippen LogP contribution in [0.3, 0.4) is 0 Å². The fraction of sp³-hybridized carbons (Fsp3) is 0.294. The highest BCUT2D eigenvalue weighted by atomic mass is 16.6. The van der Waals surface area contributed by atoms with Crippen LogP contribution in [0.1, 0.15) is 18.9 Å². The van der Waals surface area contributed by atoms with Gasteiger partial charge in [0.15, 0.2) is 6.61 Å². The summed E-state index contributed by atoms with van der Waals surface area (Å²) in [5.41, 5.74) is 1.21. The zero-order valence-corrected chi connectivity index (χ0v) is 13.3. The topological polar surface area (TPSA) is 94.4 Å². The molecule has 126 valence electrons. The van der Waals surface area contributed by atoms with Crippen LogP contribution in [0.4, 0.5) is 5.82 Å². The predicted octanol–water partition coefficient (Wildman–Crippen LogP) is 2.51. The Balaban J connectivity index is 1.78. The molecule has 0 saturated heterocycles. The van der Waals surface area contributed by atoms with Crippen molar-refractivity contribution in [1.82, 2.24) is 10.3 Å². The van der Waals surface area contributed by atoms with Crippen molar-refractivity contribution < 1.29 is 14.5 Å². The van der Waals surface area contributed by atoms with Crippen LogP contribution in [0.15, 0.2) is 48.7 Å². The number of ether oxygens (including phenoxy) is 1. The standard InChI is InChI=1S/C17H19N3O4/c1-13(9-10-14-6-3-2-4-7-14)19-16(21)12-24-15-8-5-11-18-17(15)20(22)23/h2-8,11,13H,9-10,12H2,1H3,(H,19,21)/t13-/m0/s1. The summed E-state index contributed by atoms with van der Waals surface area (Å²) in [6.45, 7) is 1.62. The van der Waals surface area contributed by atoms with Crippen LogP contribution in [0.5, 0.6) is 5.75 Å². The first-order valence-electron chi connectivity index (χ1n) is 7.61. The Morgan fingerprint density at radius 2 is 2.04 bits per heavy atom. The summed E-state index contributed by atoms with van der Waals surface area (Å²) in [6.07, 6.45) is 2.96. The second-order valence-corrected chi connectivity index (χ2v) is 5.36. The largest absolute Gasteiger partial charge is 0.476 e. The first kappa shape index (κ1) is 17.4. The normalized spacial score (nSPS) is 11.5. The third-order valence-electron chi connectivity index (χ3n) is 3.40. The molecule has 1 heterocycles. The van der Waals surface area contributed by atoms with E-state index in [0.29, 0.717) is 0 Å². The lowest BCUT2D eigenvalue weighted by Gasteiger charge is -2.14. The molecule has 0 unspecified atom stereocenters. The number of pyridine rings is 1. The number of amides is 1. The Kier molecular flexibility index (Phi) is 6.24. The van der Waals surface area contributed by atoms with Crippen molar-refractivity contribution in [2.24, 2.45) is 0 Å². The van der Waals surface area contributed by atoms with E-state index in [-0.39, 0.29) is 24.3 Å². The third-order valence-corrected chi connectivity index (χ3v) is 3.40. The number of carbonyl (C=O) groups is 1. The smallest absolute Gasteiger partial charge is 0.406 e. The zero-order valence-electron chi connectivity index (χ0n) is 13.3. The molecule has 0 fully saturated rings. The molecule has 0 aliphatic carbocycles. The number of nitrogens with one attached hydrogen (secondary N) is 1. The monoisotopic (exact) mass is 329 g/mol. The first-order chi connectivity index (χ1) is 11.6. The van der Waals surface area contributed by atoms with Crippen molar-refractivity contribution >= 4 is 11.7 Å². The van der Waals surface area contributed by atoms with E-state index in [0.717, 1.165) is 12.8 Å². The first-order valence-corrected chi connectivity index (χ1v) is 7.61. The molecule has 7 heteroatoms. The second kappa shape index (κ2) is 8.61. The maximum absolute atomic E-state index is 11.9. The molecule has 2 rings (SSSR count). The van der Waals surface area contributed by atoms with Crippen LogP contribution < -0.4 is 10.1 Å². The Labute approximate surface area is 139 Å². The van der Waals surface area contributed by atoms with Crippen LogP contribution in [0, 0.1) is 10.1 Å². The number of aromatic nitrogens is 1. The fourth-order valence-corrected chi connectivity index (χ4v) is 2.19. The summed E-state index contributed by atoms with van der Waals surface area (Å²) in [5.74, 6) is -0.745. The van der Waals surface area contributed by atoms with Gasteiger partial charge in [-0.05, 0) is 47.4 Å². The maximum atomic E-state index is 11.9. The molecule has 0 bridgehead atoms. The average molecular weight is 329 g/mol. The maximum Gasteiger partial charge on any atom is 0.406 e. The highest BCUT2D eigenvalue weighted by Gasteiger charge is 2.17. The molecule has 2 aromatic rings. The molecule has 1 amide bonds. The molecule has 0 radical (unpaired) electrons. The molecule has 1 N–H and O–H groups in total. The third kappa shape index (κ3) is 5.35. The number of aryl methyl sites for hydroxylation is 1. The number of nitro groups is 1. The van der Waals surface area contributed by atoms with E-state index in [1.165, 1.54) is 23.9 Å². The van der Waals surface area contributed by atoms with E-state index in [4.69, 9.17) is 4.74 Å². The Morgan fingerprint density at radius 3 is 2.75 bits per heavy atom. The minimum atomic E-state index is -0.643. The lowest BCUT2D eigenvalue weighted by molar-refractivity contribution is -0.390. The van der Waals surface area contributed by atoms with E-state index in [1.807, 2.05) is 37.3 Å². The van der Waals surface area contributed by atoms with Gasteiger partial charge in [-0.25, -0.2) is 0 Å². The Bertz CT molecular complexity index is 691. The fourth-order valence-electron chi connectivity index (χ4n) is 2.19. The highest BCUT2D eigenvalue weighted by molar-refractivity contribution is 5.77. The number of nitrogens with zero attached hydrogens (tertiary/aromatic N) is 2. The predicted molar refractivity (Wildman–Crippen MR) is 88.8 cm³/mol. The zero-order chi connectivity index (χ0) is 17.4. The molecule has 0 aliphatic heterocycles. The van der Waals surface area contributed by atoms with Crippen molar-refractivity contribution in [3.05, 3.63) is 64.3 Å². The summed E-state index contributed by atoms with van der Waals surface area (Å²) >= 11 is 0. The average Bonchev–Trinajstić information content (AvgIpc) is 2.59. The summed E-state index contributed by atoms with van der Waals surface area (Å²) in [6, 6.07) is 12.9. The highest BCUT2D eigenvalue weighted by Crippen LogP contribution is 2.22. The van der Waals surface area contributed by atoms with Crippen molar-refractivity contribution in [2.75, 3.05) is 6.61 Å². The van der Waals surface area contributed by atoms with E-state index < -0.39 is 10.7 Å². The lowest BCUT2D eigenvalue weighted by atomic mass is 10.1. The van der Waals surface area contributed by atoms with Gasteiger partial charge in [-0.3, -0.25) is 4.79 Å². The molecule has 0 spiro atoms. The Hall–Kier alpha value is -2.96. The van der Waals surface area contributed by atoms with Crippen LogP contribution in [-0.2, 0) is 11.2 Å². The van der Waals surface area contributed by atoms with Crippen molar-refractivity contribution in [1.29, 1.82) is 0 Å². The van der Waals surface area contributed by atoms with Gasteiger partial charge in [-0.15, -0.1) is 0 Å². The molecule has 0 saturated carbocycles.